The van der Waals surface area contributed by atoms with Gasteiger partial charge in [0.05, 0.1) is 23.3 Å². The Hall–Kier alpha value is -2.84. The summed E-state index contributed by atoms with van der Waals surface area (Å²) in [5.41, 5.74) is 4.08. The Kier molecular flexibility index (Phi) is 3.23. The minimum Gasteiger partial charge on any atom is -0.192 e. The van der Waals surface area contributed by atoms with Crippen LogP contribution in [0.15, 0.2) is 55.1 Å². The van der Waals surface area contributed by atoms with Crippen LogP contribution >= 0.6 is 0 Å². The maximum Gasteiger partial charge on any atom is 0.0991 e. The zero-order chi connectivity index (χ0) is 13.0. The molecule has 0 heterocycles. The van der Waals surface area contributed by atoms with Gasteiger partial charge in [-0.25, -0.2) is 0 Å². The van der Waals surface area contributed by atoms with Gasteiger partial charge in [-0.1, -0.05) is 30.8 Å². The predicted molar refractivity (Wildman–Crippen MR) is 70.5 cm³/mol. The van der Waals surface area contributed by atoms with E-state index >= 15 is 0 Å². The molecular formula is C16H10N2. The molecule has 2 aromatic carbocycles. The van der Waals surface area contributed by atoms with Crippen molar-refractivity contribution in [2.75, 3.05) is 0 Å². The molecule has 0 bridgehead atoms. The van der Waals surface area contributed by atoms with Gasteiger partial charge in [0.1, 0.15) is 0 Å². The van der Waals surface area contributed by atoms with Crippen LogP contribution in [0.3, 0.4) is 0 Å². The lowest BCUT2D eigenvalue weighted by Crippen LogP contribution is -1.87. The molecule has 0 fully saturated rings. The molecule has 84 valence electrons. The average molecular weight is 230 g/mol. The van der Waals surface area contributed by atoms with E-state index in [-0.39, 0.29) is 0 Å². The molecule has 0 amide bonds. The van der Waals surface area contributed by atoms with E-state index in [4.69, 9.17) is 10.5 Å². The summed E-state index contributed by atoms with van der Waals surface area (Å²) in [6, 6.07) is 18.7. The highest BCUT2D eigenvalue weighted by Crippen LogP contribution is 2.22. The molecule has 0 aliphatic carbocycles. The Morgan fingerprint density at radius 3 is 1.33 bits per heavy atom. The van der Waals surface area contributed by atoms with Gasteiger partial charge < -0.3 is 0 Å². The second-order valence-electron chi connectivity index (χ2n) is 3.86. The molecular weight excluding hydrogens is 220 g/mol. The second-order valence-corrected chi connectivity index (χ2v) is 3.86. The topological polar surface area (TPSA) is 47.6 Å². The first-order valence-electron chi connectivity index (χ1n) is 5.44. The first-order valence-corrected chi connectivity index (χ1v) is 5.44. The van der Waals surface area contributed by atoms with Gasteiger partial charge in [-0.05, 0) is 41.0 Å². The smallest absolute Gasteiger partial charge is 0.0991 e. The third-order valence-electron chi connectivity index (χ3n) is 2.72. The van der Waals surface area contributed by atoms with Crippen molar-refractivity contribution >= 4 is 5.57 Å². The number of benzene rings is 2. The molecule has 2 heteroatoms. The standard InChI is InChI=1S/C16H10N2/c1-12(15-6-2-13(10-17)3-7-15)16-8-4-14(11-18)5-9-16/h2-9H,1H2. The summed E-state index contributed by atoms with van der Waals surface area (Å²) >= 11 is 0. The zero-order valence-corrected chi connectivity index (χ0v) is 9.72. The lowest BCUT2D eigenvalue weighted by Gasteiger charge is -2.06. The van der Waals surface area contributed by atoms with Crippen LogP contribution in [0.25, 0.3) is 5.57 Å². The maximum absolute atomic E-state index is 8.74. The summed E-state index contributed by atoms with van der Waals surface area (Å²) in [5, 5.41) is 17.5. The van der Waals surface area contributed by atoms with Crippen LogP contribution in [0.2, 0.25) is 0 Å². The molecule has 0 unspecified atom stereocenters. The summed E-state index contributed by atoms with van der Waals surface area (Å²) in [6.07, 6.45) is 0. The van der Waals surface area contributed by atoms with Gasteiger partial charge in [0.15, 0.2) is 0 Å². The minimum atomic E-state index is 0.631. The molecule has 2 aromatic rings. The van der Waals surface area contributed by atoms with Crippen molar-refractivity contribution in [1.82, 2.24) is 0 Å². The summed E-state index contributed by atoms with van der Waals surface area (Å²) < 4.78 is 0. The number of nitriles is 2. The molecule has 0 aromatic heterocycles. The van der Waals surface area contributed by atoms with Gasteiger partial charge in [0.2, 0.25) is 0 Å². The molecule has 0 saturated carbocycles. The first-order chi connectivity index (χ1) is 8.74. The normalized spacial score (nSPS) is 9.22. The van der Waals surface area contributed by atoms with Crippen LogP contribution in [-0.2, 0) is 0 Å². The van der Waals surface area contributed by atoms with E-state index in [2.05, 4.69) is 18.7 Å². The fourth-order valence-corrected chi connectivity index (χ4v) is 1.66. The van der Waals surface area contributed by atoms with E-state index in [1.807, 2.05) is 24.3 Å². The molecule has 0 aliphatic rings. The molecule has 18 heavy (non-hydrogen) atoms. The average Bonchev–Trinajstić information content (AvgIpc) is 2.47. The Balaban J connectivity index is 2.30. The first kappa shape index (κ1) is 11.6. The monoisotopic (exact) mass is 230 g/mol. The van der Waals surface area contributed by atoms with E-state index in [0.29, 0.717) is 11.1 Å². The van der Waals surface area contributed by atoms with Gasteiger partial charge in [-0.2, -0.15) is 10.5 Å². The number of rotatable bonds is 2. The van der Waals surface area contributed by atoms with Gasteiger partial charge in [0.25, 0.3) is 0 Å². The highest BCUT2D eigenvalue weighted by atomic mass is 14.2. The molecule has 2 nitrogen and oxygen atoms in total. The summed E-state index contributed by atoms with van der Waals surface area (Å²) in [4.78, 5) is 0. The fourth-order valence-electron chi connectivity index (χ4n) is 1.66. The largest absolute Gasteiger partial charge is 0.192 e. The van der Waals surface area contributed by atoms with Crippen molar-refractivity contribution in [2.45, 2.75) is 0 Å². The predicted octanol–water partition coefficient (Wildman–Crippen LogP) is 3.49. The van der Waals surface area contributed by atoms with Crippen molar-refractivity contribution in [1.29, 1.82) is 10.5 Å². The lowest BCUT2D eigenvalue weighted by molar-refractivity contribution is 1.46. The highest BCUT2D eigenvalue weighted by molar-refractivity contribution is 5.78. The highest BCUT2D eigenvalue weighted by Gasteiger charge is 2.02. The Morgan fingerprint density at radius 2 is 1.06 bits per heavy atom. The SMILES string of the molecule is C=C(c1ccc(C#N)cc1)c1ccc(C#N)cc1. The van der Waals surface area contributed by atoms with Crippen LogP contribution < -0.4 is 0 Å². The van der Waals surface area contributed by atoms with Crippen molar-refractivity contribution < 1.29 is 0 Å². The Morgan fingerprint density at radius 1 is 0.722 bits per heavy atom. The van der Waals surface area contributed by atoms with Crippen molar-refractivity contribution in [3.8, 4) is 12.1 Å². The van der Waals surface area contributed by atoms with Crippen LogP contribution in [-0.4, -0.2) is 0 Å². The van der Waals surface area contributed by atoms with Crippen molar-refractivity contribution in [3.05, 3.63) is 77.4 Å². The van der Waals surface area contributed by atoms with Gasteiger partial charge in [0, 0.05) is 0 Å². The fraction of sp³-hybridized carbons (Fsp3) is 0. The van der Waals surface area contributed by atoms with E-state index in [0.717, 1.165) is 16.7 Å². The lowest BCUT2D eigenvalue weighted by atomic mass is 9.98. The molecule has 0 N–H and O–H groups in total. The van der Waals surface area contributed by atoms with Crippen LogP contribution in [0, 0.1) is 22.7 Å². The number of nitrogens with zero attached hydrogens (tertiary/aromatic N) is 2. The van der Waals surface area contributed by atoms with Crippen LogP contribution in [0.4, 0.5) is 0 Å². The second kappa shape index (κ2) is 4.99. The van der Waals surface area contributed by atoms with Crippen LogP contribution in [0.1, 0.15) is 22.3 Å². The molecule has 0 radical (unpaired) electrons. The quantitative estimate of drug-likeness (QED) is 0.792. The van der Waals surface area contributed by atoms with E-state index in [1.54, 1.807) is 24.3 Å². The molecule has 2 rings (SSSR count). The van der Waals surface area contributed by atoms with Crippen molar-refractivity contribution in [2.24, 2.45) is 0 Å². The molecule has 0 aliphatic heterocycles. The maximum atomic E-state index is 8.74. The molecule has 0 saturated heterocycles. The van der Waals surface area contributed by atoms with Gasteiger partial charge in [-0.3, -0.25) is 0 Å². The van der Waals surface area contributed by atoms with E-state index in [9.17, 15) is 0 Å². The van der Waals surface area contributed by atoms with E-state index in [1.165, 1.54) is 0 Å². The zero-order valence-electron chi connectivity index (χ0n) is 9.72. The third kappa shape index (κ3) is 2.29. The van der Waals surface area contributed by atoms with Crippen molar-refractivity contribution in [3.63, 3.8) is 0 Å². The Bertz CT molecular complexity index is 591. The minimum absolute atomic E-state index is 0.631. The number of hydrogen-bond donors (Lipinski definition) is 0. The van der Waals surface area contributed by atoms with Gasteiger partial charge in [-0.15, -0.1) is 0 Å². The summed E-state index contributed by atoms with van der Waals surface area (Å²) in [5.74, 6) is 0. The van der Waals surface area contributed by atoms with E-state index < -0.39 is 0 Å². The Labute approximate surface area is 106 Å². The van der Waals surface area contributed by atoms with Crippen LogP contribution in [0.5, 0.6) is 0 Å². The van der Waals surface area contributed by atoms with Gasteiger partial charge >= 0.3 is 0 Å². The summed E-state index contributed by atoms with van der Waals surface area (Å²) in [7, 11) is 0. The molecule has 0 atom stereocenters. The number of hydrogen-bond acceptors (Lipinski definition) is 2. The molecule has 0 spiro atoms. The third-order valence-corrected chi connectivity index (χ3v) is 2.72. The summed E-state index contributed by atoms with van der Waals surface area (Å²) in [6.45, 7) is 4.04.